The van der Waals surface area contributed by atoms with Crippen molar-refractivity contribution in [2.24, 2.45) is 0 Å². The van der Waals surface area contributed by atoms with Gasteiger partial charge in [0.15, 0.2) is 5.82 Å². The van der Waals surface area contributed by atoms with E-state index < -0.39 is 11.5 Å². The number of nitrogens with zero attached hydrogens (tertiary/aromatic N) is 5. The van der Waals surface area contributed by atoms with Crippen LogP contribution in [0, 0.1) is 0 Å². The van der Waals surface area contributed by atoms with E-state index in [0.29, 0.717) is 18.0 Å². The third-order valence-electron chi connectivity index (χ3n) is 2.97. The normalized spacial score (nSPS) is 11.7. The second kappa shape index (κ2) is 4.25. The Bertz CT molecular complexity index is 578. The van der Waals surface area contributed by atoms with Gasteiger partial charge < -0.3 is 10.0 Å². The fraction of sp³-hybridized carbons (Fsp3) is 0.455. The molecule has 2 aromatic heterocycles. The van der Waals surface area contributed by atoms with Crippen LogP contribution < -0.4 is 4.90 Å². The number of rotatable bonds is 4. The number of carbonyl (C=O) groups is 1. The lowest BCUT2D eigenvalue weighted by Gasteiger charge is -2.34. The van der Waals surface area contributed by atoms with Crippen LogP contribution in [-0.4, -0.2) is 42.7 Å². The summed E-state index contributed by atoms with van der Waals surface area (Å²) in [5.74, 6) is -0.391. The molecular formula is C11H15N5O2. The summed E-state index contributed by atoms with van der Waals surface area (Å²) in [7, 11) is 0. The molecule has 0 saturated heterocycles. The van der Waals surface area contributed by atoms with E-state index in [1.54, 1.807) is 41.9 Å². The van der Waals surface area contributed by atoms with Gasteiger partial charge in [-0.05, 0) is 20.8 Å². The molecule has 18 heavy (non-hydrogen) atoms. The molecule has 0 aromatic carbocycles. The van der Waals surface area contributed by atoms with Crippen LogP contribution in [-0.2, 0) is 4.79 Å². The van der Waals surface area contributed by atoms with Gasteiger partial charge in [-0.3, -0.25) is 4.40 Å². The summed E-state index contributed by atoms with van der Waals surface area (Å²) in [6.45, 7) is 5.67. The van der Waals surface area contributed by atoms with Crippen LogP contribution in [0.1, 0.15) is 20.8 Å². The number of aliphatic carboxylic acids is 1. The van der Waals surface area contributed by atoms with E-state index in [2.05, 4.69) is 15.2 Å². The first-order valence-corrected chi connectivity index (χ1v) is 5.64. The van der Waals surface area contributed by atoms with Crippen LogP contribution in [0.5, 0.6) is 0 Å². The molecule has 0 aliphatic heterocycles. The van der Waals surface area contributed by atoms with Gasteiger partial charge in [0.2, 0.25) is 5.65 Å². The number of aromatic nitrogens is 4. The molecule has 0 fully saturated rings. The third kappa shape index (κ3) is 1.77. The van der Waals surface area contributed by atoms with Gasteiger partial charge in [-0.2, -0.15) is 0 Å². The molecule has 96 valence electrons. The molecule has 0 atom stereocenters. The lowest BCUT2D eigenvalue weighted by atomic mass is 10.0. The number of anilines is 1. The number of likely N-dealkylation sites (N-methyl/N-ethyl adjacent to an activating group) is 1. The van der Waals surface area contributed by atoms with Crippen LogP contribution >= 0.6 is 0 Å². The quantitative estimate of drug-likeness (QED) is 0.863. The van der Waals surface area contributed by atoms with Crippen molar-refractivity contribution in [3.05, 3.63) is 18.7 Å². The van der Waals surface area contributed by atoms with E-state index in [4.69, 9.17) is 0 Å². The van der Waals surface area contributed by atoms with Crippen LogP contribution in [0.2, 0.25) is 0 Å². The summed E-state index contributed by atoms with van der Waals surface area (Å²) in [6.07, 6.45) is 4.88. The Morgan fingerprint density at radius 3 is 2.89 bits per heavy atom. The maximum absolute atomic E-state index is 11.4. The molecule has 7 heteroatoms. The highest BCUT2D eigenvalue weighted by molar-refractivity contribution is 5.84. The van der Waals surface area contributed by atoms with Gasteiger partial charge in [-0.25, -0.2) is 9.78 Å². The molecule has 7 nitrogen and oxygen atoms in total. The van der Waals surface area contributed by atoms with Crippen molar-refractivity contribution in [3.63, 3.8) is 0 Å². The maximum atomic E-state index is 11.4. The second-order valence-corrected chi connectivity index (χ2v) is 4.42. The fourth-order valence-electron chi connectivity index (χ4n) is 1.86. The Balaban J connectivity index is 2.57. The molecule has 2 aromatic rings. The average Bonchev–Trinajstić information content (AvgIpc) is 2.78. The number of hydrogen-bond acceptors (Lipinski definition) is 5. The first-order valence-electron chi connectivity index (χ1n) is 5.64. The Morgan fingerprint density at radius 2 is 2.28 bits per heavy atom. The molecule has 0 spiro atoms. The summed E-state index contributed by atoms with van der Waals surface area (Å²) in [4.78, 5) is 17.3. The molecule has 0 bridgehead atoms. The second-order valence-electron chi connectivity index (χ2n) is 4.42. The van der Waals surface area contributed by atoms with Crippen molar-refractivity contribution in [2.45, 2.75) is 26.3 Å². The zero-order valence-corrected chi connectivity index (χ0v) is 10.5. The summed E-state index contributed by atoms with van der Waals surface area (Å²) in [6, 6.07) is 0. The lowest BCUT2D eigenvalue weighted by Crippen LogP contribution is -2.50. The first-order chi connectivity index (χ1) is 8.48. The van der Waals surface area contributed by atoms with Crippen molar-refractivity contribution in [2.75, 3.05) is 11.4 Å². The van der Waals surface area contributed by atoms with Gasteiger partial charge in [0, 0.05) is 18.9 Å². The minimum absolute atomic E-state index is 0.513. The van der Waals surface area contributed by atoms with E-state index >= 15 is 0 Å². The average molecular weight is 249 g/mol. The number of carboxylic acids is 1. The van der Waals surface area contributed by atoms with Crippen LogP contribution in [0.25, 0.3) is 5.65 Å². The maximum Gasteiger partial charge on any atom is 0.329 e. The Hall–Kier alpha value is -2.18. The lowest BCUT2D eigenvalue weighted by molar-refractivity contribution is -0.142. The molecule has 0 unspecified atom stereocenters. The largest absolute Gasteiger partial charge is 0.480 e. The number of hydrogen-bond donors (Lipinski definition) is 1. The van der Waals surface area contributed by atoms with Crippen LogP contribution in [0.4, 0.5) is 5.82 Å². The third-order valence-corrected chi connectivity index (χ3v) is 2.97. The van der Waals surface area contributed by atoms with E-state index in [1.807, 2.05) is 6.92 Å². The predicted molar refractivity (Wildman–Crippen MR) is 65.5 cm³/mol. The standard InChI is InChI=1S/C11H15N5O2/c1-4-16(11(2,3)10(17)18)8-9-14-13-7-15(9)6-5-12-8/h5-7H,4H2,1-3H3,(H,17,18). The van der Waals surface area contributed by atoms with Gasteiger partial charge in [0.1, 0.15) is 11.9 Å². The summed E-state index contributed by atoms with van der Waals surface area (Å²) >= 11 is 0. The van der Waals surface area contributed by atoms with Gasteiger partial charge >= 0.3 is 5.97 Å². The molecular weight excluding hydrogens is 234 g/mol. The van der Waals surface area contributed by atoms with Crippen molar-refractivity contribution in [1.82, 2.24) is 19.6 Å². The van der Waals surface area contributed by atoms with Crippen molar-refractivity contribution in [1.29, 1.82) is 0 Å². The Kier molecular flexibility index (Phi) is 2.90. The predicted octanol–water partition coefficient (Wildman–Crippen LogP) is 0.814. The summed E-state index contributed by atoms with van der Waals surface area (Å²) in [5.41, 5.74) is -0.510. The fourth-order valence-corrected chi connectivity index (χ4v) is 1.86. The monoisotopic (exact) mass is 249 g/mol. The molecule has 0 aliphatic carbocycles. The van der Waals surface area contributed by atoms with Crippen LogP contribution in [0.15, 0.2) is 18.7 Å². The zero-order chi connectivity index (χ0) is 13.3. The Labute approximate surface area is 104 Å². The SMILES string of the molecule is CCN(c1nccn2cnnc12)C(C)(C)C(=O)O. The van der Waals surface area contributed by atoms with E-state index in [-0.39, 0.29) is 0 Å². The summed E-state index contributed by atoms with van der Waals surface area (Å²) < 4.78 is 1.71. The van der Waals surface area contributed by atoms with Gasteiger partial charge in [0.25, 0.3) is 0 Å². The van der Waals surface area contributed by atoms with E-state index in [9.17, 15) is 9.90 Å². The van der Waals surface area contributed by atoms with Crippen molar-refractivity contribution < 1.29 is 9.90 Å². The Morgan fingerprint density at radius 1 is 1.56 bits per heavy atom. The molecule has 0 amide bonds. The minimum atomic E-state index is -1.06. The topological polar surface area (TPSA) is 83.6 Å². The molecule has 0 aliphatic rings. The van der Waals surface area contributed by atoms with Crippen molar-refractivity contribution >= 4 is 17.4 Å². The minimum Gasteiger partial charge on any atom is -0.480 e. The molecule has 0 radical (unpaired) electrons. The molecule has 2 rings (SSSR count). The van der Waals surface area contributed by atoms with Crippen molar-refractivity contribution in [3.8, 4) is 0 Å². The highest BCUT2D eigenvalue weighted by Gasteiger charge is 2.35. The highest BCUT2D eigenvalue weighted by atomic mass is 16.4. The molecule has 1 N–H and O–H groups in total. The van der Waals surface area contributed by atoms with Crippen LogP contribution in [0.3, 0.4) is 0 Å². The molecule has 0 saturated carbocycles. The van der Waals surface area contributed by atoms with Gasteiger partial charge in [0.05, 0.1) is 0 Å². The number of carboxylic acid groups (broad SMARTS) is 1. The van der Waals surface area contributed by atoms with E-state index in [1.165, 1.54) is 0 Å². The summed E-state index contributed by atoms with van der Waals surface area (Å²) in [5, 5.41) is 17.1. The zero-order valence-electron chi connectivity index (χ0n) is 10.5. The van der Waals surface area contributed by atoms with Gasteiger partial charge in [-0.1, -0.05) is 0 Å². The highest BCUT2D eigenvalue weighted by Crippen LogP contribution is 2.24. The smallest absolute Gasteiger partial charge is 0.329 e. The number of fused-ring (bicyclic) bond motifs is 1. The van der Waals surface area contributed by atoms with Gasteiger partial charge in [-0.15, -0.1) is 10.2 Å². The molecule has 2 heterocycles. The first kappa shape index (κ1) is 12.3. The van der Waals surface area contributed by atoms with E-state index in [0.717, 1.165) is 0 Å².